The first-order chi connectivity index (χ1) is 6.16. The number of nitrogens with zero attached hydrogens (tertiary/aromatic N) is 1. The van der Waals surface area contributed by atoms with E-state index in [1.165, 1.54) is 5.57 Å². The molecule has 1 rings (SSSR count). The molecule has 0 amide bonds. The number of aliphatic imine (C=N–C) groups is 1. The van der Waals surface area contributed by atoms with Crippen LogP contribution in [0.1, 0.15) is 13.8 Å². The van der Waals surface area contributed by atoms with Crippen LogP contribution in [-0.2, 0) is 0 Å². The van der Waals surface area contributed by atoms with Gasteiger partial charge in [0.25, 0.3) is 0 Å². The summed E-state index contributed by atoms with van der Waals surface area (Å²) >= 11 is 0. The molecule has 0 spiro atoms. The van der Waals surface area contributed by atoms with Crippen molar-refractivity contribution >= 4 is 6.21 Å². The van der Waals surface area contributed by atoms with E-state index in [-0.39, 0.29) is 0 Å². The number of nitrogens with two attached hydrogens (primary N) is 1. The van der Waals surface area contributed by atoms with E-state index < -0.39 is 0 Å². The van der Waals surface area contributed by atoms with Crippen molar-refractivity contribution in [2.24, 2.45) is 16.6 Å². The first-order valence-electron chi connectivity index (χ1n) is 4.44. The Morgan fingerprint density at radius 2 is 2.23 bits per heavy atom. The molecule has 0 aliphatic heterocycles. The second-order valence-electron chi connectivity index (χ2n) is 3.28. The van der Waals surface area contributed by atoms with Gasteiger partial charge >= 0.3 is 0 Å². The summed E-state index contributed by atoms with van der Waals surface area (Å²) in [5.41, 5.74) is 9.12. The summed E-state index contributed by atoms with van der Waals surface area (Å²) in [5, 5.41) is 0. The lowest BCUT2D eigenvalue weighted by Crippen LogP contribution is -2.10. The van der Waals surface area contributed by atoms with Crippen LogP contribution < -0.4 is 5.73 Å². The van der Waals surface area contributed by atoms with Gasteiger partial charge in [-0.25, -0.2) is 0 Å². The summed E-state index contributed by atoms with van der Waals surface area (Å²) in [4.78, 5) is 4.00. The SMILES string of the molecule is CN=CC1=C(N)[C@H](C)C=CC=C1C. The average Bonchev–Trinajstić information content (AvgIpc) is 2.21. The van der Waals surface area contributed by atoms with E-state index in [9.17, 15) is 0 Å². The third-order valence-corrected chi connectivity index (χ3v) is 2.23. The molecule has 13 heavy (non-hydrogen) atoms. The van der Waals surface area contributed by atoms with Crippen molar-refractivity contribution in [3.63, 3.8) is 0 Å². The Morgan fingerprint density at radius 3 is 2.85 bits per heavy atom. The van der Waals surface area contributed by atoms with Crippen LogP contribution in [0.3, 0.4) is 0 Å². The lowest BCUT2D eigenvalue weighted by Gasteiger charge is -2.10. The van der Waals surface area contributed by atoms with Crippen molar-refractivity contribution in [1.82, 2.24) is 0 Å². The van der Waals surface area contributed by atoms with Gasteiger partial charge in [-0.05, 0) is 12.5 Å². The van der Waals surface area contributed by atoms with E-state index in [0.717, 1.165) is 11.3 Å². The van der Waals surface area contributed by atoms with Crippen LogP contribution in [0.2, 0.25) is 0 Å². The van der Waals surface area contributed by atoms with Crippen molar-refractivity contribution < 1.29 is 0 Å². The molecule has 1 aliphatic carbocycles. The van der Waals surface area contributed by atoms with Gasteiger partial charge in [0.2, 0.25) is 0 Å². The monoisotopic (exact) mass is 176 g/mol. The quantitative estimate of drug-likeness (QED) is 0.610. The number of hydrogen-bond acceptors (Lipinski definition) is 2. The summed E-state index contributed by atoms with van der Waals surface area (Å²) < 4.78 is 0. The summed E-state index contributed by atoms with van der Waals surface area (Å²) in [7, 11) is 1.76. The Hall–Kier alpha value is -1.31. The molecule has 0 heterocycles. The van der Waals surface area contributed by atoms with Crippen LogP contribution in [0.5, 0.6) is 0 Å². The van der Waals surface area contributed by atoms with Crippen LogP contribution in [0, 0.1) is 5.92 Å². The zero-order valence-electron chi connectivity index (χ0n) is 8.41. The summed E-state index contributed by atoms with van der Waals surface area (Å²) in [6, 6.07) is 0. The first-order valence-corrected chi connectivity index (χ1v) is 4.44. The first kappa shape index (κ1) is 9.78. The van der Waals surface area contributed by atoms with Crippen LogP contribution in [0.25, 0.3) is 0 Å². The van der Waals surface area contributed by atoms with Gasteiger partial charge in [-0.3, -0.25) is 4.99 Å². The minimum absolute atomic E-state index is 0.293. The second kappa shape index (κ2) is 4.08. The van der Waals surface area contributed by atoms with Gasteiger partial charge in [0, 0.05) is 30.5 Å². The Bertz CT molecular complexity index is 306. The van der Waals surface area contributed by atoms with E-state index in [1.807, 2.05) is 19.2 Å². The third kappa shape index (κ3) is 2.08. The summed E-state index contributed by atoms with van der Waals surface area (Å²) in [5.74, 6) is 0.293. The molecule has 0 unspecified atom stereocenters. The molecule has 2 heteroatoms. The van der Waals surface area contributed by atoms with Gasteiger partial charge < -0.3 is 5.73 Å². The molecule has 0 saturated carbocycles. The molecular weight excluding hydrogens is 160 g/mol. The third-order valence-electron chi connectivity index (χ3n) is 2.23. The van der Waals surface area contributed by atoms with Gasteiger partial charge in [-0.15, -0.1) is 0 Å². The topological polar surface area (TPSA) is 38.4 Å². The van der Waals surface area contributed by atoms with Crippen LogP contribution >= 0.6 is 0 Å². The summed E-state index contributed by atoms with van der Waals surface area (Å²) in [6.07, 6.45) is 8.02. The van der Waals surface area contributed by atoms with Gasteiger partial charge in [0.05, 0.1) is 0 Å². The second-order valence-corrected chi connectivity index (χ2v) is 3.28. The van der Waals surface area contributed by atoms with Crippen molar-refractivity contribution in [1.29, 1.82) is 0 Å². The normalized spacial score (nSPS) is 23.6. The zero-order valence-corrected chi connectivity index (χ0v) is 8.41. The van der Waals surface area contributed by atoms with Crippen molar-refractivity contribution in [3.05, 3.63) is 35.1 Å². The number of hydrogen-bond donors (Lipinski definition) is 1. The van der Waals surface area contributed by atoms with Crippen LogP contribution in [-0.4, -0.2) is 13.3 Å². The molecule has 0 aromatic rings. The molecular formula is C11H16N2. The zero-order chi connectivity index (χ0) is 9.84. The molecule has 1 atom stereocenters. The highest BCUT2D eigenvalue weighted by atomic mass is 14.7. The minimum atomic E-state index is 0.293. The highest BCUT2D eigenvalue weighted by Gasteiger charge is 2.10. The summed E-state index contributed by atoms with van der Waals surface area (Å²) in [6.45, 7) is 4.13. The largest absolute Gasteiger partial charge is 0.401 e. The fourth-order valence-electron chi connectivity index (χ4n) is 1.34. The van der Waals surface area contributed by atoms with Crippen LogP contribution in [0.4, 0.5) is 0 Å². The Balaban J connectivity index is 3.16. The van der Waals surface area contributed by atoms with Gasteiger partial charge in [-0.2, -0.15) is 0 Å². The van der Waals surface area contributed by atoms with E-state index >= 15 is 0 Å². The van der Waals surface area contributed by atoms with E-state index in [0.29, 0.717) is 5.92 Å². The molecule has 1 aliphatic rings. The number of rotatable bonds is 1. The highest BCUT2D eigenvalue weighted by Crippen LogP contribution is 2.20. The van der Waals surface area contributed by atoms with Crippen molar-refractivity contribution in [2.75, 3.05) is 7.05 Å². The smallest absolute Gasteiger partial charge is 0.0301 e. The maximum atomic E-state index is 6.00. The van der Waals surface area contributed by atoms with Crippen molar-refractivity contribution in [2.45, 2.75) is 13.8 Å². The predicted octanol–water partition coefficient (Wildman–Crippen LogP) is 2.05. The Morgan fingerprint density at radius 1 is 1.54 bits per heavy atom. The maximum Gasteiger partial charge on any atom is 0.0301 e. The fraction of sp³-hybridized carbons (Fsp3) is 0.364. The minimum Gasteiger partial charge on any atom is -0.401 e. The number of allylic oxidation sites excluding steroid dienone is 5. The highest BCUT2D eigenvalue weighted by molar-refractivity contribution is 5.85. The van der Waals surface area contributed by atoms with E-state index in [1.54, 1.807) is 7.05 Å². The Labute approximate surface area is 79.5 Å². The average molecular weight is 176 g/mol. The predicted molar refractivity (Wildman–Crippen MR) is 57.7 cm³/mol. The molecule has 0 radical (unpaired) electrons. The maximum absolute atomic E-state index is 6.00. The molecule has 70 valence electrons. The molecule has 0 aromatic carbocycles. The van der Waals surface area contributed by atoms with Gasteiger partial charge in [0.1, 0.15) is 0 Å². The van der Waals surface area contributed by atoms with Gasteiger partial charge in [0.15, 0.2) is 0 Å². The molecule has 0 bridgehead atoms. The fourth-order valence-corrected chi connectivity index (χ4v) is 1.34. The van der Waals surface area contributed by atoms with E-state index in [4.69, 9.17) is 5.73 Å². The molecule has 0 saturated heterocycles. The molecule has 2 N–H and O–H groups in total. The van der Waals surface area contributed by atoms with E-state index in [2.05, 4.69) is 24.1 Å². The lowest BCUT2D eigenvalue weighted by atomic mass is 10.0. The standard InChI is InChI=1S/C11H16N2/c1-8-5-4-6-9(2)11(12)10(8)7-13-3/h4-7,9H,12H2,1-3H3/t9-/m1/s1. The van der Waals surface area contributed by atoms with Gasteiger partial charge in [-0.1, -0.05) is 25.2 Å². The van der Waals surface area contributed by atoms with Crippen molar-refractivity contribution in [3.8, 4) is 0 Å². The molecule has 0 fully saturated rings. The molecule has 0 aromatic heterocycles. The lowest BCUT2D eigenvalue weighted by molar-refractivity contribution is 0.843. The van der Waals surface area contributed by atoms with Crippen LogP contribution in [0.15, 0.2) is 40.1 Å². The molecule has 2 nitrogen and oxygen atoms in total. The Kier molecular flexibility index (Phi) is 3.07.